The lowest BCUT2D eigenvalue weighted by Gasteiger charge is -2.32. The van der Waals surface area contributed by atoms with Crippen LogP contribution in [0.3, 0.4) is 0 Å². The van der Waals surface area contributed by atoms with Crippen molar-refractivity contribution in [1.82, 2.24) is 19.5 Å². The fourth-order valence-electron chi connectivity index (χ4n) is 3.04. The predicted molar refractivity (Wildman–Crippen MR) is 102 cm³/mol. The van der Waals surface area contributed by atoms with E-state index in [2.05, 4.69) is 56.6 Å². The monoisotopic (exact) mass is 405 g/mol. The molecule has 0 amide bonds. The molecule has 0 radical (unpaired) electrons. The van der Waals surface area contributed by atoms with Gasteiger partial charge in [0.05, 0.1) is 16.5 Å². The first-order chi connectivity index (χ1) is 11.8. The lowest BCUT2D eigenvalue weighted by Crippen LogP contribution is -2.37. The van der Waals surface area contributed by atoms with Crippen LogP contribution < -0.4 is 10.5 Å². The van der Waals surface area contributed by atoms with Gasteiger partial charge in [0.15, 0.2) is 0 Å². The quantitative estimate of drug-likeness (QED) is 0.784. The molecule has 6 nitrogen and oxygen atoms in total. The van der Waals surface area contributed by atoms with Gasteiger partial charge < -0.3 is 4.90 Å². The molecule has 3 heterocycles. The van der Waals surface area contributed by atoms with Crippen molar-refractivity contribution in [3.63, 3.8) is 0 Å². The number of anilines is 1. The first-order valence-corrected chi connectivity index (χ1v) is 9.42. The molecule has 134 valence electrons. The molecule has 0 atom stereocenters. The Kier molecular flexibility index (Phi) is 5.22. The Morgan fingerprint density at radius 2 is 1.80 bits per heavy atom. The maximum atomic E-state index is 12.4. The molecule has 0 unspecified atom stereocenters. The van der Waals surface area contributed by atoms with Gasteiger partial charge >= 0.3 is 0 Å². The minimum atomic E-state index is -0.103. The summed E-state index contributed by atoms with van der Waals surface area (Å²) in [6.45, 7) is 8.76. The first kappa shape index (κ1) is 18.0. The highest BCUT2D eigenvalue weighted by Crippen LogP contribution is 2.22. The number of hydrogen-bond donors (Lipinski definition) is 0. The van der Waals surface area contributed by atoms with Crippen molar-refractivity contribution in [2.24, 2.45) is 5.92 Å². The summed E-state index contributed by atoms with van der Waals surface area (Å²) in [5.74, 6) is 1.25. The third-order valence-corrected chi connectivity index (χ3v) is 5.02. The van der Waals surface area contributed by atoms with Crippen LogP contribution in [0.4, 0.5) is 5.95 Å². The Morgan fingerprint density at radius 3 is 2.36 bits per heavy atom. The second kappa shape index (κ2) is 7.23. The van der Waals surface area contributed by atoms with Gasteiger partial charge in [0.1, 0.15) is 0 Å². The van der Waals surface area contributed by atoms with Gasteiger partial charge in [-0.25, -0.2) is 15.0 Å². The van der Waals surface area contributed by atoms with E-state index in [1.54, 1.807) is 29.4 Å². The number of rotatable bonds is 3. The Bertz CT molecular complexity index is 773. The van der Waals surface area contributed by atoms with Crippen LogP contribution in [0, 0.1) is 5.92 Å². The van der Waals surface area contributed by atoms with Crippen LogP contribution in [-0.4, -0.2) is 32.6 Å². The van der Waals surface area contributed by atoms with Gasteiger partial charge in [-0.3, -0.25) is 9.36 Å². The van der Waals surface area contributed by atoms with Gasteiger partial charge in [-0.15, -0.1) is 0 Å². The smallest absolute Gasteiger partial charge is 0.253 e. The first-order valence-electron chi connectivity index (χ1n) is 8.62. The Balaban J connectivity index is 1.61. The normalized spacial score (nSPS) is 16.2. The van der Waals surface area contributed by atoms with E-state index in [0.29, 0.717) is 5.92 Å². The van der Waals surface area contributed by atoms with E-state index in [0.717, 1.165) is 48.6 Å². The number of piperidine rings is 1. The SMILES string of the molecule is CC(C)(C)c1cc(=O)n(CC2CCN(c3ncc(Br)cn3)CC2)cn1. The summed E-state index contributed by atoms with van der Waals surface area (Å²) in [5, 5.41) is 0. The van der Waals surface area contributed by atoms with Gasteiger partial charge in [-0.05, 0) is 34.7 Å². The zero-order valence-electron chi connectivity index (χ0n) is 14.9. The average Bonchev–Trinajstić information content (AvgIpc) is 2.57. The molecular formula is C18H24BrN5O. The Labute approximate surface area is 156 Å². The van der Waals surface area contributed by atoms with Crippen LogP contribution in [0.25, 0.3) is 0 Å². The van der Waals surface area contributed by atoms with Crippen LogP contribution in [0.5, 0.6) is 0 Å². The minimum absolute atomic E-state index is 0.0404. The van der Waals surface area contributed by atoms with E-state index in [4.69, 9.17) is 0 Å². The summed E-state index contributed by atoms with van der Waals surface area (Å²) in [7, 11) is 0. The van der Waals surface area contributed by atoms with Crippen molar-refractivity contribution in [2.75, 3.05) is 18.0 Å². The van der Waals surface area contributed by atoms with E-state index in [1.165, 1.54) is 0 Å². The van der Waals surface area contributed by atoms with E-state index < -0.39 is 0 Å². The van der Waals surface area contributed by atoms with Crippen molar-refractivity contribution in [3.8, 4) is 0 Å². The Morgan fingerprint density at radius 1 is 1.16 bits per heavy atom. The van der Waals surface area contributed by atoms with E-state index in [1.807, 2.05) is 0 Å². The summed E-state index contributed by atoms with van der Waals surface area (Å²) in [5.41, 5.74) is 0.781. The summed E-state index contributed by atoms with van der Waals surface area (Å²) >= 11 is 3.36. The standard InChI is InChI=1S/C18H24BrN5O/c1-18(2,3)15-8-16(25)24(12-22-15)11-13-4-6-23(7-5-13)17-20-9-14(19)10-21-17/h8-10,12-13H,4-7,11H2,1-3H3. The summed E-state index contributed by atoms with van der Waals surface area (Å²) in [6, 6.07) is 1.67. The molecule has 2 aromatic rings. The van der Waals surface area contributed by atoms with Gasteiger partial charge in [-0.1, -0.05) is 20.8 Å². The van der Waals surface area contributed by atoms with Gasteiger partial charge in [-0.2, -0.15) is 0 Å². The largest absolute Gasteiger partial charge is 0.341 e. The van der Waals surface area contributed by atoms with Gasteiger partial charge in [0.2, 0.25) is 5.95 Å². The molecule has 1 aliphatic heterocycles. The lowest BCUT2D eigenvalue weighted by atomic mass is 9.92. The topological polar surface area (TPSA) is 63.9 Å². The Hall–Kier alpha value is -1.76. The van der Waals surface area contributed by atoms with Crippen molar-refractivity contribution in [2.45, 2.75) is 45.6 Å². The molecule has 0 N–H and O–H groups in total. The van der Waals surface area contributed by atoms with Crippen molar-refractivity contribution in [3.05, 3.63) is 45.3 Å². The zero-order valence-corrected chi connectivity index (χ0v) is 16.5. The van der Waals surface area contributed by atoms with Crippen LogP contribution in [0.15, 0.2) is 34.1 Å². The van der Waals surface area contributed by atoms with Crippen LogP contribution in [0.2, 0.25) is 0 Å². The van der Waals surface area contributed by atoms with E-state index in [-0.39, 0.29) is 11.0 Å². The molecule has 0 spiro atoms. The molecule has 0 aliphatic carbocycles. The van der Waals surface area contributed by atoms with Crippen LogP contribution in [-0.2, 0) is 12.0 Å². The number of hydrogen-bond acceptors (Lipinski definition) is 5. The fourth-order valence-corrected chi connectivity index (χ4v) is 3.24. The number of nitrogens with zero attached hydrogens (tertiary/aromatic N) is 5. The predicted octanol–water partition coefficient (Wildman–Crippen LogP) is 3.01. The zero-order chi connectivity index (χ0) is 18.0. The molecule has 0 bridgehead atoms. The van der Waals surface area contributed by atoms with Crippen molar-refractivity contribution < 1.29 is 0 Å². The van der Waals surface area contributed by atoms with Gasteiger partial charge in [0.25, 0.3) is 5.56 Å². The summed E-state index contributed by atoms with van der Waals surface area (Å²) < 4.78 is 2.63. The fraction of sp³-hybridized carbons (Fsp3) is 0.556. The number of aromatic nitrogens is 4. The molecule has 2 aromatic heterocycles. The highest BCUT2D eigenvalue weighted by atomic mass is 79.9. The van der Waals surface area contributed by atoms with E-state index in [9.17, 15) is 4.79 Å². The summed E-state index contributed by atoms with van der Waals surface area (Å²) in [6.07, 6.45) is 7.29. The molecule has 1 fully saturated rings. The van der Waals surface area contributed by atoms with Crippen LogP contribution >= 0.6 is 15.9 Å². The molecule has 3 rings (SSSR count). The summed E-state index contributed by atoms with van der Waals surface area (Å²) in [4.78, 5) is 27.8. The average molecular weight is 406 g/mol. The molecule has 0 aromatic carbocycles. The molecule has 1 saturated heterocycles. The van der Waals surface area contributed by atoms with Gasteiger partial charge in [0, 0.05) is 43.5 Å². The highest BCUT2D eigenvalue weighted by molar-refractivity contribution is 9.10. The number of halogens is 1. The third kappa shape index (κ3) is 4.45. The molecule has 1 aliphatic rings. The van der Waals surface area contributed by atoms with Crippen molar-refractivity contribution in [1.29, 1.82) is 0 Å². The second-order valence-corrected chi connectivity index (χ2v) is 8.56. The third-order valence-electron chi connectivity index (χ3n) is 4.61. The van der Waals surface area contributed by atoms with Crippen molar-refractivity contribution >= 4 is 21.9 Å². The lowest BCUT2D eigenvalue weighted by molar-refractivity contribution is 0.348. The maximum absolute atomic E-state index is 12.4. The highest BCUT2D eigenvalue weighted by Gasteiger charge is 2.22. The molecular weight excluding hydrogens is 382 g/mol. The molecule has 25 heavy (non-hydrogen) atoms. The maximum Gasteiger partial charge on any atom is 0.253 e. The van der Waals surface area contributed by atoms with Crippen LogP contribution in [0.1, 0.15) is 39.3 Å². The molecule has 0 saturated carbocycles. The molecule has 7 heteroatoms. The second-order valence-electron chi connectivity index (χ2n) is 7.65. The minimum Gasteiger partial charge on any atom is -0.341 e. The van der Waals surface area contributed by atoms with E-state index >= 15 is 0 Å².